The summed E-state index contributed by atoms with van der Waals surface area (Å²) in [5, 5.41) is 14.9. The van der Waals surface area contributed by atoms with Crippen LogP contribution in [0.3, 0.4) is 0 Å². The molecule has 0 radical (unpaired) electrons. The van der Waals surface area contributed by atoms with Gasteiger partial charge in [-0.05, 0) is 131 Å². The number of rotatable bonds is 6. The van der Waals surface area contributed by atoms with Gasteiger partial charge in [-0.2, -0.15) is 0 Å². The first-order chi connectivity index (χ1) is 31.8. The van der Waals surface area contributed by atoms with Crippen molar-refractivity contribution in [3.05, 3.63) is 243 Å². The van der Waals surface area contributed by atoms with Gasteiger partial charge in [-0.1, -0.05) is 182 Å². The lowest BCUT2D eigenvalue weighted by Gasteiger charge is -2.28. The molecule has 0 saturated carbocycles. The number of benzene rings is 12. The summed E-state index contributed by atoms with van der Waals surface area (Å²) < 4.78 is 2.43. The molecule has 0 N–H and O–H groups in total. The van der Waals surface area contributed by atoms with Gasteiger partial charge in [0.2, 0.25) is 0 Å². The van der Waals surface area contributed by atoms with Crippen molar-refractivity contribution in [2.75, 3.05) is 4.90 Å². The summed E-state index contributed by atoms with van der Waals surface area (Å²) in [6.07, 6.45) is 0. The Balaban J connectivity index is 1.06. The Hall–Kier alpha value is -8.46. The van der Waals surface area contributed by atoms with E-state index in [-0.39, 0.29) is 0 Å². The minimum Gasteiger partial charge on any atom is -0.310 e. The zero-order valence-electron chi connectivity index (χ0n) is 35.0. The molecular weight excluding hydrogens is 773 g/mol. The maximum absolute atomic E-state index is 2.47. The van der Waals surface area contributed by atoms with Crippen molar-refractivity contribution in [3.8, 4) is 27.9 Å². The predicted molar refractivity (Wildman–Crippen MR) is 274 cm³/mol. The Morgan fingerprint density at radius 2 is 0.844 bits per heavy atom. The smallest absolute Gasteiger partial charge is 0.0553 e. The lowest BCUT2D eigenvalue weighted by atomic mass is 9.92. The highest BCUT2D eigenvalue weighted by atomic mass is 15.1. The van der Waals surface area contributed by atoms with Crippen molar-refractivity contribution in [1.82, 2.24) is 4.57 Å². The standard InChI is InChI=1S/C62H40N2/c1-2-21-46(22-3-1)64-58-32-15-14-31-56(58)62-60(64)40-44-19-6-9-26-51(44)61(62)45-20-16-23-48(37-45)63(59-39-43-18-5-8-25-50(43)53-28-12-13-30-55(53)59)47-35-33-41(34-36-47)57-38-42-17-4-7-24-49(42)52-27-10-11-29-54(52)57/h1-40H. The summed E-state index contributed by atoms with van der Waals surface area (Å²) in [6, 6.07) is 89.2. The van der Waals surface area contributed by atoms with Gasteiger partial charge in [0.15, 0.2) is 0 Å². The second-order valence-electron chi connectivity index (χ2n) is 16.8. The highest BCUT2D eigenvalue weighted by Crippen LogP contribution is 2.47. The fourth-order valence-electron chi connectivity index (χ4n) is 10.5. The van der Waals surface area contributed by atoms with E-state index in [1.807, 2.05) is 0 Å². The second-order valence-corrected chi connectivity index (χ2v) is 16.8. The molecule has 0 amide bonds. The van der Waals surface area contributed by atoms with Crippen molar-refractivity contribution >= 4 is 92.7 Å². The van der Waals surface area contributed by atoms with Gasteiger partial charge in [-0.3, -0.25) is 0 Å². The number of hydrogen-bond donors (Lipinski definition) is 0. The van der Waals surface area contributed by atoms with E-state index in [1.54, 1.807) is 0 Å². The van der Waals surface area contributed by atoms with Crippen LogP contribution in [0.4, 0.5) is 17.1 Å². The first-order valence-corrected chi connectivity index (χ1v) is 22.1. The highest BCUT2D eigenvalue weighted by Gasteiger charge is 2.22. The Morgan fingerprint density at radius 3 is 1.56 bits per heavy atom. The summed E-state index contributed by atoms with van der Waals surface area (Å²) >= 11 is 0. The minimum absolute atomic E-state index is 1.09. The van der Waals surface area contributed by atoms with Crippen molar-refractivity contribution in [3.63, 3.8) is 0 Å². The topological polar surface area (TPSA) is 8.17 Å². The van der Waals surface area contributed by atoms with E-state index in [0.29, 0.717) is 0 Å². The third kappa shape index (κ3) is 5.66. The molecule has 1 heterocycles. The van der Waals surface area contributed by atoms with E-state index in [4.69, 9.17) is 0 Å². The van der Waals surface area contributed by atoms with Gasteiger partial charge in [-0.15, -0.1) is 0 Å². The highest BCUT2D eigenvalue weighted by molar-refractivity contribution is 6.23. The molecule has 13 rings (SSSR count). The SMILES string of the molecule is c1ccc(-n2c3ccccc3c3c(-c4cccc(N(c5ccc(-c6cc7ccccc7c7ccccc67)cc5)c5cc6ccccc6c6ccccc56)c4)c4ccccc4cc32)cc1. The van der Waals surface area contributed by atoms with E-state index >= 15 is 0 Å². The number of para-hydroxylation sites is 2. The fraction of sp³-hybridized carbons (Fsp3) is 0. The maximum Gasteiger partial charge on any atom is 0.0553 e. The zero-order valence-corrected chi connectivity index (χ0v) is 35.0. The molecule has 0 bridgehead atoms. The molecule has 0 aliphatic heterocycles. The molecule has 13 aromatic rings. The van der Waals surface area contributed by atoms with Gasteiger partial charge in [0, 0.05) is 33.2 Å². The average Bonchev–Trinajstić information content (AvgIpc) is 3.69. The Labute approximate surface area is 371 Å². The summed E-state index contributed by atoms with van der Waals surface area (Å²) in [7, 11) is 0. The van der Waals surface area contributed by atoms with Crippen LogP contribution in [0.1, 0.15) is 0 Å². The normalized spacial score (nSPS) is 11.8. The van der Waals surface area contributed by atoms with Crippen LogP contribution in [0.15, 0.2) is 243 Å². The molecule has 64 heavy (non-hydrogen) atoms. The lowest BCUT2D eigenvalue weighted by molar-refractivity contribution is 1.18. The van der Waals surface area contributed by atoms with Crippen LogP contribution in [0, 0.1) is 0 Å². The molecule has 298 valence electrons. The van der Waals surface area contributed by atoms with E-state index in [2.05, 4.69) is 252 Å². The number of anilines is 3. The molecular formula is C62H40N2. The van der Waals surface area contributed by atoms with E-state index in [9.17, 15) is 0 Å². The second kappa shape index (κ2) is 14.6. The summed E-state index contributed by atoms with van der Waals surface area (Å²) in [4.78, 5) is 2.47. The molecule has 0 unspecified atom stereocenters. The Kier molecular flexibility index (Phi) is 8.25. The molecule has 2 heteroatoms. The van der Waals surface area contributed by atoms with Crippen LogP contribution >= 0.6 is 0 Å². The molecule has 0 atom stereocenters. The van der Waals surface area contributed by atoms with E-state index in [1.165, 1.54) is 97.9 Å². The Bertz CT molecular complexity index is 3950. The average molecular weight is 813 g/mol. The molecule has 0 aliphatic rings. The third-order valence-electron chi connectivity index (χ3n) is 13.3. The number of aromatic nitrogens is 1. The quantitative estimate of drug-likeness (QED) is 0.152. The largest absolute Gasteiger partial charge is 0.310 e. The van der Waals surface area contributed by atoms with Gasteiger partial charge in [0.25, 0.3) is 0 Å². The van der Waals surface area contributed by atoms with Gasteiger partial charge < -0.3 is 9.47 Å². The van der Waals surface area contributed by atoms with Crippen LogP contribution in [-0.4, -0.2) is 4.57 Å². The monoisotopic (exact) mass is 812 g/mol. The van der Waals surface area contributed by atoms with Crippen LogP contribution in [0.5, 0.6) is 0 Å². The molecule has 0 aliphatic carbocycles. The van der Waals surface area contributed by atoms with Crippen LogP contribution in [0.25, 0.3) is 104 Å². The number of fused-ring (bicyclic) bond motifs is 10. The van der Waals surface area contributed by atoms with Crippen LogP contribution in [0.2, 0.25) is 0 Å². The Morgan fingerprint density at radius 1 is 0.297 bits per heavy atom. The predicted octanol–water partition coefficient (Wildman–Crippen LogP) is 17.4. The molecule has 12 aromatic carbocycles. The van der Waals surface area contributed by atoms with E-state index in [0.717, 1.165) is 22.7 Å². The maximum atomic E-state index is 2.47. The zero-order chi connectivity index (χ0) is 42.1. The van der Waals surface area contributed by atoms with Crippen molar-refractivity contribution in [1.29, 1.82) is 0 Å². The molecule has 1 aromatic heterocycles. The summed E-state index contributed by atoms with van der Waals surface area (Å²) in [6.45, 7) is 0. The van der Waals surface area contributed by atoms with Gasteiger partial charge >= 0.3 is 0 Å². The van der Waals surface area contributed by atoms with Crippen LogP contribution < -0.4 is 4.90 Å². The van der Waals surface area contributed by atoms with E-state index < -0.39 is 0 Å². The first-order valence-electron chi connectivity index (χ1n) is 22.1. The van der Waals surface area contributed by atoms with Crippen LogP contribution in [-0.2, 0) is 0 Å². The molecule has 0 saturated heterocycles. The summed E-state index contributed by atoms with van der Waals surface area (Å²) in [5.74, 6) is 0. The minimum atomic E-state index is 1.09. The molecule has 0 fully saturated rings. The third-order valence-corrected chi connectivity index (χ3v) is 13.3. The van der Waals surface area contributed by atoms with Gasteiger partial charge in [0.1, 0.15) is 0 Å². The molecule has 0 spiro atoms. The number of hydrogen-bond acceptors (Lipinski definition) is 1. The number of nitrogens with zero attached hydrogens (tertiary/aromatic N) is 2. The molecule has 2 nitrogen and oxygen atoms in total. The lowest BCUT2D eigenvalue weighted by Crippen LogP contribution is -2.11. The summed E-state index contributed by atoms with van der Waals surface area (Å²) in [5.41, 5.74) is 11.7. The van der Waals surface area contributed by atoms with Gasteiger partial charge in [0.05, 0.1) is 16.7 Å². The fourth-order valence-corrected chi connectivity index (χ4v) is 10.5. The van der Waals surface area contributed by atoms with Crippen molar-refractivity contribution in [2.45, 2.75) is 0 Å². The van der Waals surface area contributed by atoms with Gasteiger partial charge in [-0.25, -0.2) is 0 Å². The van der Waals surface area contributed by atoms with Crippen molar-refractivity contribution < 1.29 is 0 Å². The first kappa shape index (κ1) is 36.2. The van der Waals surface area contributed by atoms with Crippen molar-refractivity contribution in [2.24, 2.45) is 0 Å².